The quantitative estimate of drug-likeness (QED) is 0.905. The van der Waals surface area contributed by atoms with E-state index in [1.54, 1.807) is 13.0 Å². The first-order valence-corrected chi connectivity index (χ1v) is 8.28. The van der Waals surface area contributed by atoms with Crippen molar-refractivity contribution in [3.05, 3.63) is 51.9 Å². The summed E-state index contributed by atoms with van der Waals surface area (Å²) in [6.07, 6.45) is 1.37. The molecule has 3 rings (SSSR count). The largest absolute Gasteiger partial charge is 0.493 e. The number of pyridine rings is 1. The van der Waals surface area contributed by atoms with E-state index in [2.05, 4.69) is 4.98 Å². The van der Waals surface area contributed by atoms with Gasteiger partial charge in [-0.2, -0.15) is 5.26 Å². The zero-order valence-electron chi connectivity index (χ0n) is 14.1. The zero-order chi connectivity index (χ0) is 17.6. The number of benzene rings is 1. The van der Waals surface area contributed by atoms with Crippen LogP contribution in [0, 0.1) is 18.3 Å². The number of nitrogens with one attached hydrogen (secondary N) is 1. The molecule has 0 unspecified atom stereocenters. The van der Waals surface area contributed by atoms with Crippen LogP contribution in [-0.4, -0.2) is 31.1 Å². The molecule has 130 valence electrons. The molecule has 0 spiro atoms. The molecule has 1 saturated heterocycles. The molecule has 0 radical (unpaired) electrons. The number of hydrogen-bond acceptors (Lipinski definition) is 5. The Kier molecular flexibility index (Phi) is 5.49. The molecule has 1 fully saturated rings. The van der Waals surface area contributed by atoms with Gasteiger partial charge >= 0.3 is 0 Å². The molecule has 0 amide bonds. The molecule has 1 aromatic heterocycles. The van der Waals surface area contributed by atoms with Crippen molar-refractivity contribution in [2.45, 2.75) is 26.1 Å². The third-order valence-corrected chi connectivity index (χ3v) is 3.94. The Bertz CT molecular complexity index is 832. The summed E-state index contributed by atoms with van der Waals surface area (Å²) >= 11 is 0. The SMILES string of the molecule is Cc1cc(-c2cccc(OCCC3OCCCO3)c2)c(C#N)c(=O)[nH]1. The predicted octanol–water partition coefficient (Wildman–Crippen LogP) is 2.75. The van der Waals surface area contributed by atoms with Crippen LogP contribution in [0.4, 0.5) is 0 Å². The Morgan fingerprint density at radius 1 is 1.32 bits per heavy atom. The van der Waals surface area contributed by atoms with Crippen LogP contribution in [0.15, 0.2) is 35.1 Å². The van der Waals surface area contributed by atoms with Gasteiger partial charge in [0.15, 0.2) is 6.29 Å². The standard InChI is InChI=1S/C19H20N2O4/c1-13-10-16(17(12-20)19(22)21-13)14-4-2-5-15(11-14)23-9-6-18-24-7-3-8-25-18/h2,4-5,10-11,18H,3,6-9H2,1H3,(H,21,22). The zero-order valence-corrected chi connectivity index (χ0v) is 14.1. The minimum atomic E-state index is -0.379. The lowest BCUT2D eigenvalue weighted by atomic mass is 10.0. The van der Waals surface area contributed by atoms with E-state index in [0.29, 0.717) is 30.0 Å². The van der Waals surface area contributed by atoms with Crippen LogP contribution in [-0.2, 0) is 9.47 Å². The molecule has 0 aliphatic carbocycles. The van der Waals surface area contributed by atoms with Crippen LogP contribution in [0.2, 0.25) is 0 Å². The summed E-state index contributed by atoms with van der Waals surface area (Å²) in [6.45, 7) is 3.70. The third-order valence-electron chi connectivity index (χ3n) is 3.94. The van der Waals surface area contributed by atoms with E-state index < -0.39 is 0 Å². The second-order valence-electron chi connectivity index (χ2n) is 5.87. The molecule has 6 nitrogen and oxygen atoms in total. The fraction of sp³-hybridized carbons (Fsp3) is 0.368. The number of hydrogen-bond donors (Lipinski definition) is 1. The van der Waals surface area contributed by atoms with Gasteiger partial charge in [0.25, 0.3) is 5.56 Å². The number of ether oxygens (including phenoxy) is 3. The molecule has 1 aliphatic heterocycles. The van der Waals surface area contributed by atoms with Crippen molar-refractivity contribution in [1.82, 2.24) is 4.98 Å². The number of aromatic nitrogens is 1. The number of nitriles is 1. The predicted molar refractivity (Wildman–Crippen MR) is 92.4 cm³/mol. The van der Waals surface area contributed by atoms with Crippen LogP contribution < -0.4 is 10.3 Å². The number of aryl methyl sites for hydroxylation is 1. The lowest BCUT2D eigenvalue weighted by Gasteiger charge is -2.23. The van der Waals surface area contributed by atoms with Gasteiger partial charge in [-0.1, -0.05) is 12.1 Å². The van der Waals surface area contributed by atoms with Gasteiger partial charge < -0.3 is 19.2 Å². The molecule has 25 heavy (non-hydrogen) atoms. The van der Waals surface area contributed by atoms with Crippen LogP contribution >= 0.6 is 0 Å². The fourth-order valence-corrected chi connectivity index (χ4v) is 2.76. The summed E-state index contributed by atoms with van der Waals surface area (Å²) in [7, 11) is 0. The molecule has 2 aromatic rings. The molecular weight excluding hydrogens is 320 g/mol. The van der Waals surface area contributed by atoms with E-state index in [0.717, 1.165) is 25.2 Å². The molecule has 1 aromatic carbocycles. The van der Waals surface area contributed by atoms with Crippen LogP contribution in [0.3, 0.4) is 0 Å². The summed E-state index contributed by atoms with van der Waals surface area (Å²) in [5.41, 5.74) is 1.81. The van der Waals surface area contributed by atoms with E-state index in [-0.39, 0.29) is 17.4 Å². The Morgan fingerprint density at radius 2 is 2.12 bits per heavy atom. The molecule has 6 heteroatoms. The van der Waals surface area contributed by atoms with Gasteiger partial charge in [0, 0.05) is 17.7 Å². The summed E-state index contributed by atoms with van der Waals surface area (Å²) in [5.74, 6) is 0.676. The van der Waals surface area contributed by atoms with Crippen molar-refractivity contribution < 1.29 is 14.2 Å². The summed E-state index contributed by atoms with van der Waals surface area (Å²) in [5, 5.41) is 9.28. The van der Waals surface area contributed by atoms with E-state index >= 15 is 0 Å². The Morgan fingerprint density at radius 3 is 2.88 bits per heavy atom. The number of nitrogens with zero attached hydrogens (tertiary/aromatic N) is 1. The van der Waals surface area contributed by atoms with Gasteiger partial charge in [-0.15, -0.1) is 0 Å². The van der Waals surface area contributed by atoms with Crippen LogP contribution in [0.25, 0.3) is 11.1 Å². The molecule has 0 saturated carbocycles. The van der Waals surface area contributed by atoms with Crippen molar-refractivity contribution in [1.29, 1.82) is 5.26 Å². The van der Waals surface area contributed by atoms with Gasteiger partial charge in [-0.05, 0) is 37.1 Å². The third kappa shape index (κ3) is 4.27. The maximum absolute atomic E-state index is 12.0. The molecule has 2 heterocycles. The minimum absolute atomic E-state index is 0.103. The second kappa shape index (κ2) is 7.97. The van der Waals surface area contributed by atoms with Crippen molar-refractivity contribution in [2.75, 3.05) is 19.8 Å². The van der Waals surface area contributed by atoms with E-state index in [9.17, 15) is 10.1 Å². The summed E-state index contributed by atoms with van der Waals surface area (Å²) in [4.78, 5) is 14.6. The highest BCUT2D eigenvalue weighted by molar-refractivity contribution is 5.71. The smallest absolute Gasteiger partial charge is 0.266 e. The highest BCUT2D eigenvalue weighted by Crippen LogP contribution is 2.26. The Balaban J connectivity index is 1.74. The average molecular weight is 340 g/mol. The first-order chi connectivity index (χ1) is 12.2. The van der Waals surface area contributed by atoms with Gasteiger partial charge in [0.05, 0.1) is 19.8 Å². The van der Waals surface area contributed by atoms with E-state index in [4.69, 9.17) is 14.2 Å². The lowest BCUT2D eigenvalue weighted by molar-refractivity contribution is -0.183. The Labute approximate surface area is 146 Å². The number of H-pyrrole nitrogens is 1. The Hall–Kier alpha value is -2.62. The maximum Gasteiger partial charge on any atom is 0.266 e. The summed E-state index contributed by atoms with van der Waals surface area (Å²) in [6, 6.07) is 11.1. The van der Waals surface area contributed by atoms with Gasteiger partial charge in [-0.3, -0.25) is 4.79 Å². The highest BCUT2D eigenvalue weighted by atomic mass is 16.7. The maximum atomic E-state index is 12.0. The minimum Gasteiger partial charge on any atom is -0.493 e. The monoisotopic (exact) mass is 340 g/mol. The van der Waals surface area contributed by atoms with Crippen LogP contribution in [0.1, 0.15) is 24.1 Å². The van der Waals surface area contributed by atoms with Crippen molar-refractivity contribution >= 4 is 0 Å². The normalized spacial score (nSPS) is 14.9. The number of rotatable bonds is 5. The summed E-state index contributed by atoms with van der Waals surface area (Å²) < 4.78 is 16.8. The molecular formula is C19H20N2O4. The lowest BCUT2D eigenvalue weighted by Crippen LogP contribution is -2.26. The first kappa shape index (κ1) is 17.2. The molecule has 0 atom stereocenters. The van der Waals surface area contributed by atoms with E-state index in [1.807, 2.05) is 30.3 Å². The fourth-order valence-electron chi connectivity index (χ4n) is 2.76. The van der Waals surface area contributed by atoms with Crippen molar-refractivity contribution in [2.24, 2.45) is 0 Å². The first-order valence-electron chi connectivity index (χ1n) is 8.28. The van der Waals surface area contributed by atoms with Crippen LogP contribution in [0.5, 0.6) is 5.75 Å². The second-order valence-corrected chi connectivity index (χ2v) is 5.87. The molecule has 1 aliphatic rings. The highest BCUT2D eigenvalue weighted by Gasteiger charge is 2.14. The molecule has 0 bridgehead atoms. The van der Waals surface area contributed by atoms with Gasteiger partial charge in [0.2, 0.25) is 0 Å². The average Bonchev–Trinajstić information content (AvgIpc) is 2.62. The number of aromatic amines is 1. The van der Waals surface area contributed by atoms with Crippen molar-refractivity contribution in [3.8, 4) is 22.9 Å². The van der Waals surface area contributed by atoms with Gasteiger partial charge in [0.1, 0.15) is 17.4 Å². The van der Waals surface area contributed by atoms with Gasteiger partial charge in [-0.25, -0.2) is 0 Å². The molecule has 1 N–H and O–H groups in total. The van der Waals surface area contributed by atoms with E-state index in [1.165, 1.54) is 0 Å². The van der Waals surface area contributed by atoms with Crippen molar-refractivity contribution in [3.63, 3.8) is 0 Å². The topological polar surface area (TPSA) is 84.3 Å².